The Morgan fingerprint density at radius 2 is 1.68 bits per heavy atom. The van der Waals surface area contributed by atoms with E-state index in [1.54, 1.807) is 0 Å². The molecule has 0 aliphatic carbocycles. The third-order valence-corrected chi connectivity index (χ3v) is 4.49. The first-order valence-corrected chi connectivity index (χ1v) is 9.28. The minimum atomic E-state index is -0.699. The highest BCUT2D eigenvalue weighted by atomic mass is 16.5. The number of imidazole rings is 1. The van der Waals surface area contributed by atoms with E-state index in [9.17, 15) is 4.79 Å². The molecule has 5 nitrogen and oxygen atoms in total. The van der Waals surface area contributed by atoms with Gasteiger partial charge in [-0.25, -0.2) is 9.78 Å². The van der Waals surface area contributed by atoms with Gasteiger partial charge in [0.1, 0.15) is 5.65 Å². The molecular formula is C23H21N3O2. The number of para-hydroxylation sites is 1. The second-order valence-electron chi connectivity index (χ2n) is 6.34. The summed E-state index contributed by atoms with van der Waals surface area (Å²) in [5.74, 6) is -0.339. The maximum atomic E-state index is 12.9. The van der Waals surface area contributed by atoms with Gasteiger partial charge in [-0.05, 0) is 31.2 Å². The van der Waals surface area contributed by atoms with Gasteiger partial charge in [-0.3, -0.25) is 0 Å². The number of rotatable bonds is 6. The number of aromatic nitrogens is 2. The Labute approximate surface area is 163 Å². The van der Waals surface area contributed by atoms with E-state index in [2.05, 4.69) is 5.32 Å². The van der Waals surface area contributed by atoms with Crippen LogP contribution in [0.5, 0.6) is 0 Å². The van der Waals surface area contributed by atoms with Gasteiger partial charge in [-0.2, -0.15) is 0 Å². The number of ether oxygens (including phenoxy) is 1. The molecule has 0 bridgehead atoms. The molecule has 4 aromatic rings. The van der Waals surface area contributed by atoms with Gasteiger partial charge >= 0.3 is 5.97 Å². The Morgan fingerprint density at radius 1 is 1.00 bits per heavy atom. The molecule has 28 heavy (non-hydrogen) atoms. The van der Waals surface area contributed by atoms with Crippen LogP contribution in [0, 0.1) is 0 Å². The summed E-state index contributed by atoms with van der Waals surface area (Å²) in [4.78, 5) is 17.8. The van der Waals surface area contributed by atoms with Gasteiger partial charge < -0.3 is 14.5 Å². The lowest BCUT2D eigenvalue weighted by Crippen LogP contribution is -2.25. The number of esters is 1. The fourth-order valence-corrected chi connectivity index (χ4v) is 3.26. The minimum absolute atomic E-state index is 0.309. The van der Waals surface area contributed by atoms with Crippen LogP contribution >= 0.6 is 0 Å². The van der Waals surface area contributed by atoms with Gasteiger partial charge in [0.2, 0.25) is 0 Å². The molecule has 1 N–H and O–H groups in total. The van der Waals surface area contributed by atoms with Gasteiger partial charge in [0.05, 0.1) is 18.0 Å². The van der Waals surface area contributed by atoms with Crippen molar-refractivity contribution in [3.63, 3.8) is 0 Å². The average molecular weight is 371 g/mol. The van der Waals surface area contributed by atoms with Crippen LogP contribution in [0.3, 0.4) is 0 Å². The van der Waals surface area contributed by atoms with E-state index in [0.717, 1.165) is 28.3 Å². The first-order chi connectivity index (χ1) is 13.8. The van der Waals surface area contributed by atoms with Crippen LogP contribution in [0.2, 0.25) is 0 Å². The quantitative estimate of drug-likeness (QED) is 0.499. The number of benzene rings is 2. The molecule has 0 spiro atoms. The van der Waals surface area contributed by atoms with Crippen LogP contribution in [0.4, 0.5) is 5.69 Å². The van der Waals surface area contributed by atoms with E-state index < -0.39 is 6.04 Å². The largest absolute Gasteiger partial charge is 0.464 e. The number of hydrogen-bond donors (Lipinski definition) is 1. The third-order valence-electron chi connectivity index (χ3n) is 4.49. The Kier molecular flexibility index (Phi) is 5.06. The molecule has 5 heteroatoms. The highest BCUT2D eigenvalue weighted by molar-refractivity contribution is 5.84. The van der Waals surface area contributed by atoms with Gasteiger partial charge in [-0.15, -0.1) is 0 Å². The van der Waals surface area contributed by atoms with Crippen molar-refractivity contribution in [1.82, 2.24) is 9.38 Å². The van der Waals surface area contributed by atoms with E-state index in [4.69, 9.17) is 9.72 Å². The van der Waals surface area contributed by atoms with Crippen LogP contribution in [0.1, 0.15) is 18.7 Å². The fourth-order valence-electron chi connectivity index (χ4n) is 3.26. The van der Waals surface area contributed by atoms with Crippen molar-refractivity contribution in [2.24, 2.45) is 0 Å². The summed E-state index contributed by atoms with van der Waals surface area (Å²) < 4.78 is 7.34. The van der Waals surface area contributed by atoms with Crippen LogP contribution in [0.25, 0.3) is 16.9 Å². The predicted octanol–water partition coefficient (Wildman–Crippen LogP) is 4.72. The minimum Gasteiger partial charge on any atom is -0.464 e. The molecule has 0 aliphatic heterocycles. The lowest BCUT2D eigenvalue weighted by atomic mass is 10.1. The van der Waals surface area contributed by atoms with Crippen LogP contribution < -0.4 is 5.32 Å². The van der Waals surface area contributed by atoms with Crippen molar-refractivity contribution in [2.45, 2.75) is 13.0 Å². The lowest BCUT2D eigenvalue weighted by Gasteiger charge is -2.20. The molecule has 0 unspecified atom stereocenters. The average Bonchev–Trinajstić information content (AvgIpc) is 3.13. The maximum Gasteiger partial charge on any atom is 0.334 e. The highest BCUT2D eigenvalue weighted by Crippen LogP contribution is 2.31. The molecular weight excluding hydrogens is 350 g/mol. The molecule has 0 aliphatic rings. The standard InChI is InChI=1S/C23H21N3O2/c1-2-28-23(27)21(24-18-13-7-4-8-14-18)22-20(17-11-5-3-6-12-17)25-19-15-9-10-16-26(19)22/h3-16,21,24H,2H2,1H3/t21-/m1/s1. The smallest absolute Gasteiger partial charge is 0.334 e. The second kappa shape index (κ2) is 7.96. The van der Waals surface area contributed by atoms with Crippen molar-refractivity contribution >= 4 is 17.3 Å². The molecule has 0 radical (unpaired) electrons. The van der Waals surface area contributed by atoms with Gasteiger partial charge in [0.15, 0.2) is 6.04 Å². The summed E-state index contributed by atoms with van der Waals surface area (Å²) in [5, 5.41) is 3.33. The fraction of sp³-hybridized carbons (Fsp3) is 0.130. The summed E-state index contributed by atoms with van der Waals surface area (Å²) in [6.45, 7) is 2.12. The molecule has 2 aromatic carbocycles. The Bertz CT molecular complexity index is 1070. The number of nitrogens with one attached hydrogen (secondary N) is 1. The maximum absolute atomic E-state index is 12.9. The van der Waals surface area contributed by atoms with E-state index >= 15 is 0 Å². The summed E-state index contributed by atoms with van der Waals surface area (Å²) >= 11 is 0. The number of nitrogens with zero attached hydrogens (tertiary/aromatic N) is 2. The van der Waals surface area contributed by atoms with E-state index in [0.29, 0.717) is 6.61 Å². The number of pyridine rings is 1. The molecule has 0 saturated carbocycles. The lowest BCUT2D eigenvalue weighted by molar-refractivity contribution is -0.144. The summed E-state index contributed by atoms with van der Waals surface area (Å²) in [6.07, 6.45) is 1.92. The van der Waals surface area contributed by atoms with Crippen molar-refractivity contribution in [2.75, 3.05) is 11.9 Å². The monoisotopic (exact) mass is 371 g/mol. The van der Waals surface area contributed by atoms with Crippen LogP contribution in [-0.4, -0.2) is 22.0 Å². The van der Waals surface area contributed by atoms with Gasteiger partial charge in [-0.1, -0.05) is 54.6 Å². The third kappa shape index (κ3) is 3.47. The Balaban J connectivity index is 1.90. The zero-order valence-corrected chi connectivity index (χ0v) is 15.6. The van der Waals surface area contributed by atoms with E-state index in [-0.39, 0.29) is 5.97 Å². The van der Waals surface area contributed by atoms with Crippen molar-refractivity contribution in [1.29, 1.82) is 0 Å². The molecule has 0 fully saturated rings. The summed E-state index contributed by atoms with van der Waals surface area (Å²) in [7, 11) is 0. The molecule has 4 rings (SSSR count). The molecule has 1 atom stereocenters. The topological polar surface area (TPSA) is 55.6 Å². The molecule has 2 aromatic heterocycles. The molecule has 2 heterocycles. The zero-order chi connectivity index (χ0) is 19.3. The highest BCUT2D eigenvalue weighted by Gasteiger charge is 2.29. The Hall–Kier alpha value is -3.60. The van der Waals surface area contributed by atoms with E-state index in [1.807, 2.05) is 96.4 Å². The molecule has 140 valence electrons. The summed E-state index contributed by atoms with van der Waals surface area (Å²) in [6, 6.07) is 24.6. The SMILES string of the molecule is CCOC(=O)[C@H](Nc1ccccc1)c1c(-c2ccccc2)nc2ccccn12. The molecule has 0 amide bonds. The first-order valence-electron chi connectivity index (χ1n) is 9.28. The second-order valence-corrected chi connectivity index (χ2v) is 6.34. The normalized spacial score (nSPS) is 11.9. The number of fused-ring (bicyclic) bond motifs is 1. The van der Waals surface area contributed by atoms with Crippen molar-refractivity contribution in [3.8, 4) is 11.3 Å². The number of hydrogen-bond acceptors (Lipinski definition) is 4. The van der Waals surface area contributed by atoms with Crippen LogP contribution in [-0.2, 0) is 9.53 Å². The van der Waals surface area contributed by atoms with Crippen LogP contribution in [0.15, 0.2) is 85.1 Å². The predicted molar refractivity (Wildman–Crippen MR) is 110 cm³/mol. The first kappa shape index (κ1) is 17.8. The van der Waals surface area contributed by atoms with Gasteiger partial charge in [0.25, 0.3) is 0 Å². The molecule has 0 saturated heterocycles. The summed E-state index contributed by atoms with van der Waals surface area (Å²) in [5.41, 5.74) is 4.08. The Morgan fingerprint density at radius 3 is 2.39 bits per heavy atom. The van der Waals surface area contributed by atoms with E-state index in [1.165, 1.54) is 0 Å². The van der Waals surface area contributed by atoms with Crippen molar-refractivity contribution in [3.05, 3.63) is 90.8 Å². The number of anilines is 1. The zero-order valence-electron chi connectivity index (χ0n) is 15.6. The number of carbonyl (C=O) groups excluding carboxylic acids is 1. The van der Waals surface area contributed by atoms with Crippen molar-refractivity contribution < 1.29 is 9.53 Å². The van der Waals surface area contributed by atoms with Gasteiger partial charge in [0, 0.05) is 17.4 Å². The number of carbonyl (C=O) groups is 1.